The number of nitrogens with one attached hydrogen (secondary N) is 1. The van der Waals surface area contributed by atoms with E-state index in [1.165, 1.54) is 12.2 Å². The van der Waals surface area contributed by atoms with E-state index in [9.17, 15) is 0 Å². The van der Waals surface area contributed by atoms with E-state index in [1.54, 1.807) is 0 Å². The SMILES string of the molecule is CCNC(Cc1nccn1CC)C1CC1(C)C. The lowest BCUT2D eigenvalue weighted by Gasteiger charge is -2.19. The number of imidazole rings is 1. The van der Waals surface area contributed by atoms with Crippen LogP contribution in [0, 0.1) is 11.3 Å². The molecule has 0 aromatic carbocycles. The van der Waals surface area contributed by atoms with Crippen molar-refractivity contribution >= 4 is 0 Å². The van der Waals surface area contributed by atoms with Gasteiger partial charge >= 0.3 is 0 Å². The smallest absolute Gasteiger partial charge is 0.110 e. The van der Waals surface area contributed by atoms with Crippen molar-refractivity contribution in [3.8, 4) is 0 Å². The molecule has 0 spiro atoms. The number of nitrogens with zero attached hydrogens (tertiary/aromatic N) is 2. The second kappa shape index (κ2) is 4.81. The van der Waals surface area contributed by atoms with Crippen LogP contribution in [0.3, 0.4) is 0 Å². The van der Waals surface area contributed by atoms with Crippen molar-refractivity contribution in [2.45, 2.75) is 53.1 Å². The van der Waals surface area contributed by atoms with Gasteiger partial charge < -0.3 is 9.88 Å². The van der Waals surface area contributed by atoms with Gasteiger partial charge in [-0.2, -0.15) is 0 Å². The van der Waals surface area contributed by atoms with E-state index < -0.39 is 0 Å². The maximum absolute atomic E-state index is 4.49. The van der Waals surface area contributed by atoms with Gasteiger partial charge in [0, 0.05) is 31.4 Å². The molecule has 3 nitrogen and oxygen atoms in total. The van der Waals surface area contributed by atoms with E-state index in [2.05, 4.69) is 48.8 Å². The molecule has 0 amide bonds. The topological polar surface area (TPSA) is 29.9 Å². The number of aryl methyl sites for hydroxylation is 1. The van der Waals surface area contributed by atoms with E-state index in [-0.39, 0.29) is 0 Å². The first kappa shape index (κ1) is 12.6. The molecule has 1 heterocycles. The molecule has 0 bridgehead atoms. The van der Waals surface area contributed by atoms with Crippen LogP contribution in [-0.4, -0.2) is 22.1 Å². The van der Waals surface area contributed by atoms with Gasteiger partial charge in [-0.05, 0) is 31.2 Å². The number of likely N-dealkylation sites (N-methyl/N-ethyl adjacent to an activating group) is 1. The molecule has 0 aliphatic heterocycles. The quantitative estimate of drug-likeness (QED) is 0.821. The van der Waals surface area contributed by atoms with Gasteiger partial charge in [-0.3, -0.25) is 0 Å². The minimum atomic E-state index is 0.524. The number of hydrogen-bond acceptors (Lipinski definition) is 2. The Morgan fingerprint density at radius 2 is 2.24 bits per heavy atom. The monoisotopic (exact) mass is 235 g/mol. The van der Waals surface area contributed by atoms with Crippen LogP contribution in [0.15, 0.2) is 12.4 Å². The third-order valence-electron chi connectivity index (χ3n) is 4.09. The number of hydrogen-bond donors (Lipinski definition) is 1. The van der Waals surface area contributed by atoms with E-state index in [0.717, 1.165) is 25.4 Å². The normalized spacial score (nSPS) is 23.6. The average molecular weight is 235 g/mol. The summed E-state index contributed by atoms with van der Waals surface area (Å²) in [5, 5.41) is 3.64. The summed E-state index contributed by atoms with van der Waals surface area (Å²) in [6.45, 7) is 11.2. The average Bonchev–Trinajstić information content (AvgIpc) is 2.74. The summed E-state index contributed by atoms with van der Waals surface area (Å²) in [5.41, 5.74) is 0.524. The van der Waals surface area contributed by atoms with Crippen LogP contribution in [0.5, 0.6) is 0 Å². The summed E-state index contributed by atoms with van der Waals surface area (Å²) in [6.07, 6.45) is 6.40. The van der Waals surface area contributed by atoms with Gasteiger partial charge in [-0.15, -0.1) is 0 Å². The summed E-state index contributed by atoms with van der Waals surface area (Å²) < 4.78 is 2.25. The molecule has 2 rings (SSSR count). The predicted molar refractivity (Wildman–Crippen MR) is 71.0 cm³/mol. The van der Waals surface area contributed by atoms with E-state index in [1.807, 2.05) is 6.20 Å². The first-order valence-corrected chi connectivity index (χ1v) is 6.82. The van der Waals surface area contributed by atoms with Crippen molar-refractivity contribution in [3.63, 3.8) is 0 Å². The van der Waals surface area contributed by atoms with Crippen molar-refractivity contribution in [1.82, 2.24) is 14.9 Å². The lowest BCUT2D eigenvalue weighted by atomic mass is 10.0. The van der Waals surface area contributed by atoms with Gasteiger partial charge in [0.05, 0.1) is 0 Å². The Bertz CT molecular complexity index is 367. The highest BCUT2D eigenvalue weighted by molar-refractivity contribution is 5.06. The van der Waals surface area contributed by atoms with Crippen LogP contribution in [0.1, 0.15) is 39.9 Å². The van der Waals surface area contributed by atoms with Crippen LogP contribution in [0.4, 0.5) is 0 Å². The molecule has 1 aromatic rings. The summed E-state index contributed by atoms with van der Waals surface area (Å²) in [4.78, 5) is 4.49. The molecule has 1 aliphatic rings. The molecule has 0 saturated heterocycles. The Hall–Kier alpha value is -0.830. The van der Waals surface area contributed by atoms with Gasteiger partial charge in [0.25, 0.3) is 0 Å². The molecule has 0 radical (unpaired) electrons. The summed E-state index contributed by atoms with van der Waals surface area (Å²) in [7, 11) is 0. The molecular weight excluding hydrogens is 210 g/mol. The minimum absolute atomic E-state index is 0.524. The molecule has 3 heteroatoms. The molecule has 96 valence electrons. The third-order valence-corrected chi connectivity index (χ3v) is 4.09. The zero-order valence-electron chi connectivity index (χ0n) is 11.5. The first-order chi connectivity index (χ1) is 8.08. The maximum atomic E-state index is 4.49. The van der Waals surface area contributed by atoms with Crippen molar-refractivity contribution in [3.05, 3.63) is 18.2 Å². The largest absolute Gasteiger partial charge is 0.335 e. The second-order valence-electron chi connectivity index (χ2n) is 5.80. The van der Waals surface area contributed by atoms with Gasteiger partial charge in [-0.25, -0.2) is 4.98 Å². The Morgan fingerprint density at radius 1 is 1.53 bits per heavy atom. The van der Waals surface area contributed by atoms with Crippen molar-refractivity contribution in [2.24, 2.45) is 11.3 Å². The maximum Gasteiger partial charge on any atom is 0.110 e. The van der Waals surface area contributed by atoms with Gasteiger partial charge in [0.1, 0.15) is 5.82 Å². The Morgan fingerprint density at radius 3 is 2.76 bits per heavy atom. The molecule has 1 aliphatic carbocycles. The standard InChI is InChI=1S/C14H25N3/c1-5-15-12(11-10-14(11,3)4)9-13-16-7-8-17(13)6-2/h7-8,11-12,15H,5-6,9-10H2,1-4H3. The van der Waals surface area contributed by atoms with Gasteiger partial charge in [0.2, 0.25) is 0 Å². The Labute approximate surface area is 105 Å². The summed E-state index contributed by atoms with van der Waals surface area (Å²) in [5.74, 6) is 2.03. The fraction of sp³-hybridized carbons (Fsp3) is 0.786. The molecule has 17 heavy (non-hydrogen) atoms. The zero-order chi connectivity index (χ0) is 12.5. The van der Waals surface area contributed by atoms with Crippen LogP contribution < -0.4 is 5.32 Å². The fourth-order valence-corrected chi connectivity index (χ4v) is 2.83. The van der Waals surface area contributed by atoms with Crippen LogP contribution in [0.2, 0.25) is 0 Å². The van der Waals surface area contributed by atoms with Crippen LogP contribution >= 0.6 is 0 Å². The molecule has 1 aromatic heterocycles. The zero-order valence-corrected chi connectivity index (χ0v) is 11.5. The van der Waals surface area contributed by atoms with E-state index >= 15 is 0 Å². The first-order valence-electron chi connectivity index (χ1n) is 6.82. The lowest BCUT2D eigenvalue weighted by Crippen LogP contribution is -2.35. The molecular formula is C14H25N3. The predicted octanol–water partition coefficient (Wildman–Crippen LogP) is 2.47. The van der Waals surface area contributed by atoms with E-state index in [4.69, 9.17) is 0 Å². The fourth-order valence-electron chi connectivity index (χ4n) is 2.83. The Kier molecular flexibility index (Phi) is 3.57. The number of rotatable bonds is 6. The molecule has 2 atom stereocenters. The van der Waals surface area contributed by atoms with Gasteiger partial charge in [0.15, 0.2) is 0 Å². The van der Waals surface area contributed by atoms with Crippen molar-refractivity contribution in [1.29, 1.82) is 0 Å². The summed E-state index contributed by atoms with van der Waals surface area (Å²) in [6, 6.07) is 0.586. The van der Waals surface area contributed by atoms with Crippen molar-refractivity contribution < 1.29 is 0 Å². The number of aromatic nitrogens is 2. The minimum Gasteiger partial charge on any atom is -0.335 e. The third kappa shape index (κ3) is 2.71. The molecule has 1 saturated carbocycles. The lowest BCUT2D eigenvalue weighted by molar-refractivity contribution is 0.399. The molecule has 1 N–H and O–H groups in total. The van der Waals surface area contributed by atoms with E-state index in [0.29, 0.717) is 11.5 Å². The Balaban J connectivity index is 2.03. The summed E-state index contributed by atoms with van der Waals surface area (Å²) >= 11 is 0. The van der Waals surface area contributed by atoms with Gasteiger partial charge in [-0.1, -0.05) is 20.8 Å². The second-order valence-corrected chi connectivity index (χ2v) is 5.80. The highest BCUT2D eigenvalue weighted by atomic mass is 15.1. The van der Waals surface area contributed by atoms with Crippen molar-refractivity contribution in [2.75, 3.05) is 6.54 Å². The molecule has 1 fully saturated rings. The highest BCUT2D eigenvalue weighted by Gasteiger charge is 2.49. The van der Waals surface area contributed by atoms with Crippen LogP contribution in [0.25, 0.3) is 0 Å². The highest BCUT2D eigenvalue weighted by Crippen LogP contribution is 2.53. The van der Waals surface area contributed by atoms with Crippen LogP contribution in [-0.2, 0) is 13.0 Å². The molecule has 2 unspecified atom stereocenters.